The number of anilines is 1. The van der Waals surface area contributed by atoms with Gasteiger partial charge in [0.05, 0.1) is 5.56 Å². The van der Waals surface area contributed by atoms with Crippen molar-refractivity contribution in [3.05, 3.63) is 23.3 Å². The number of rotatable bonds is 8. The molecule has 0 bridgehead atoms. The molecule has 8 heteroatoms. The molecule has 1 fully saturated rings. The van der Waals surface area contributed by atoms with Crippen LogP contribution in [0.2, 0.25) is 0 Å². The van der Waals surface area contributed by atoms with Crippen LogP contribution in [0.1, 0.15) is 90.1 Å². The largest absolute Gasteiger partial charge is 0.481 e. The summed E-state index contributed by atoms with van der Waals surface area (Å²) in [4.78, 5) is 39.5. The summed E-state index contributed by atoms with van der Waals surface area (Å²) in [6.45, 7) is 13.7. The third-order valence-corrected chi connectivity index (χ3v) is 5.57. The van der Waals surface area contributed by atoms with Crippen LogP contribution in [-0.4, -0.2) is 53.6 Å². The Morgan fingerprint density at radius 2 is 1.60 bits per heavy atom. The molecule has 1 aliphatic rings. The lowest BCUT2D eigenvalue weighted by Crippen LogP contribution is -2.42. The second-order valence-electron chi connectivity index (χ2n) is 11.2. The van der Waals surface area contributed by atoms with Gasteiger partial charge in [-0.15, -0.1) is 0 Å². The van der Waals surface area contributed by atoms with Crippen molar-refractivity contribution in [1.29, 1.82) is 0 Å². The molecule has 35 heavy (non-hydrogen) atoms. The fourth-order valence-electron chi connectivity index (χ4n) is 3.99. The molecule has 1 aromatic rings. The molecule has 2 rings (SSSR count). The third kappa shape index (κ3) is 9.42. The number of ketones is 1. The molecule has 1 heterocycles. The maximum absolute atomic E-state index is 13.3. The Bertz CT molecular complexity index is 905. The van der Waals surface area contributed by atoms with Crippen LogP contribution in [0.25, 0.3) is 0 Å². The van der Waals surface area contributed by atoms with Crippen molar-refractivity contribution < 1.29 is 28.6 Å². The van der Waals surface area contributed by atoms with Crippen LogP contribution < -0.4 is 10.5 Å². The van der Waals surface area contributed by atoms with Gasteiger partial charge in [0.15, 0.2) is 12.4 Å². The fourth-order valence-corrected chi connectivity index (χ4v) is 3.99. The molecule has 0 aliphatic carbocycles. The van der Waals surface area contributed by atoms with Crippen molar-refractivity contribution in [3.8, 4) is 5.75 Å². The summed E-state index contributed by atoms with van der Waals surface area (Å²) in [6, 6.07) is 3.43. The fraction of sp³-hybridized carbons (Fsp3) is 0.667. The molecule has 1 amide bonds. The first-order chi connectivity index (χ1) is 16.2. The number of ether oxygens (including phenoxy) is 3. The van der Waals surface area contributed by atoms with Crippen LogP contribution in [0, 0.1) is 5.92 Å². The highest BCUT2D eigenvalue weighted by Gasteiger charge is 2.29. The van der Waals surface area contributed by atoms with Gasteiger partial charge in [-0.1, -0.05) is 13.3 Å². The summed E-state index contributed by atoms with van der Waals surface area (Å²) in [7, 11) is 0. The monoisotopic (exact) mass is 490 g/mol. The van der Waals surface area contributed by atoms with Crippen LogP contribution in [-0.2, 0) is 20.7 Å². The van der Waals surface area contributed by atoms with Gasteiger partial charge in [0.25, 0.3) is 0 Å². The number of nitrogens with two attached hydrogens (primary N) is 1. The van der Waals surface area contributed by atoms with Gasteiger partial charge in [0.2, 0.25) is 0 Å². The molecule has 2 N–H and O–H groups in total. The number of nitrogen functional groups attached to an aromatic ring is 1. The number of hydrogen-bond donors (Lipinski definition) is 1. The molecule has 0 saturated carbocycles. The minimum absolute atomic E-state index is 0.0883. The molecular weight excluding hydrogens is 448 g/mol. The number of esters is 1. The third-order valence-electron chi connectivity index (χ3n) is 5.57. The quantitative estimate of drug-likeness (QED) is 0.304. The summed E-state index contributed by atoms with van der Waals surface area (Å²) >= 11 is 0. The Balaban J connectivity index is 2.08. The van der Waals surface area contributed by atoms with E-state index in [1.54, 1.807) is 37.8 Å². The first-order valence-corrected chi connectivity index (χ1v) is 12.5. The number of piperidine rings is 1. The first kappa shape index (κ1) is 28.5. The molecule has 0 spiro atoms. The zero-order chi connectivity index (χ0) is 26.4. The van der Waals surface area contributed by atoms with Crippen molar-refractivity contribution in [2.75, 3.05) is 25.4 Å². The summed E-state index contributed by atoms with van der Waals surface area (Å²) in [5, 5.41) is 0. The van der Waals surface area contributed by atoms with Gasteiger partial charge in [-0.2, -0.15) is 0 Å². The highest BCUT2D eigenvalue weighted by molar-refractivity contribution is 6.00. The Morgan fingerprint density at radius 1 is 1.00 bits per heavy atom. The van der Waals surface area contributed by atoms with E-state index in [1.165, 1.54) is 0 Å². The number of amides is 1. The zero-order valence-electron chi connectivity index (χ0n) is 22.4. The second-order valence-corrected chi connectivity index (χ2v) is 11.2. The van der Waals surface area contributed by atoms with Crippen molar-refractivity contribution in [2.24, 2.45) is 5.92 Å². The maximum Gasteiger partial charge on any atom is 0.410 e. The van der Waals surface area contributed by atoms with Crippen LogP contribution in [0.4, 0.5) is 10.5 Å². The number of nitrogens with zero attached hydrogens (tertiary/aromatic N) is 1. The average Bonchev–Trinajstić information content (AvgIpc) is 2.72. The molecule has 0 unspecified atom stereocenters. The van der Waals surface area contributed by atoms with Crippen LogP contribution in [0.15, 0.2) is 12.1 Å². The Morgan fingerprint density at radius 3 is 2.14 bits per heavy atom. The van der Waals surface area contributed by atoms with Crippen LogP contribution in [0.3, 0.4) is 0 Å². The van der Waals surface area contributed by atoms with Crippen molar-refractivity contribution in [3.63, 3.8) is 0 Å². The number of aryl methyl sites for hydroxylation is 1. The van der Waals surface area contributed by atoms with Gasteiger partial charge in [-0.3, -0.25) is 4.79 Å². The van der Waals surface area contributed by atoms with E-state index in [0.29, 0.717) is 49.4 Å². The molecule has 1 saturated heterocycles. The van der Waals surface area contributed by atoms with Gasteiger partial charge in [-0.25, -0.2) is 9.59 Å². The highest BCUT2D eigenvalue weighted by Crippen LogP contribution is 2.31. The SMILES string of the molecule is CCCc1cc(OCC(=O)OC(C)(C)C)c(C(=O)CC2CCN(C(=O)OC(C)(C)C)CC2)cc1N. The number of carbonyl (C=O) groups is 3. The highest BCUT2D eigenvalue weighted by atomic mass is 16.6. The molecule has 0 aromatic heterocycles. The lowest BCUT2D eigenvalue weighted by Gasteiger charge is -2.33. The minimum atomic E-state index is -0.623. The smallest absolute Gasteiger partial charge is 0.410 e. The van der Waals surface area contributed by atoms with Crippen molar-refractivity contribution in [2.45, 2.75) is 91.8 Å². The lowest BCUT2D eigenvalue weighted by atomic mass is 9.89. The van der Waals surface area contributed by atoms with E-state index in [0.717, 1.165) is 18.4 Å². The van der Waals surface area contributed by atoms with Crippen LogP contribution in [0.5, 0.6) is 5.75 Å². The van der Waals surface area contributed by atoms with Gasteiger partial charge in [0, 0.05) is 25.2 Å². The molecule has 1 aliphatic heterocycles. The molecule has 196 valence electrons. The van der Waals surface area contributed by atoms with E-state index in [-0.39, 0.29) is 24.4 Å². The average molecular weight is 491 g/mol. The number of carbonyl (C=O) groups excluding carboxylic acids is 3. The van der Waals surface area contributed by atoms with Gasteiger partial charge in [-0.05, 0) is 84.4 Å². The molecular formula is C27H42N2O6. The van der Waals surface area contributed by atoms with E-state index >= 15 is 0 Å². The zero-order valence-corrected chi connectivity index (χ0v) is 22.4. The number of Topliss-reactive ketones (excluding diaryl/α,β-unsaturated/α-hetero) is 1. The van der Waals surface area contributed by atoms with Gasteiger partial charge in [0.1, 0.15) is 17.0 Å². The van der Waals surface area contributed by atoms with E-state index in [1.807, 2.05) is 27.7 Å². The van der Waals surface area contributed by atoms with Crippen molar-refractivity contribution in [1.82, 2.24) is 4.90 Å². The summed E-state index contributed by atoms with van der Waals surface area (Å²) in [5.41, 5.74) is 6.87. The minimum Gasteiger partial charge on any atom is -0.481 e. The number of benzene rings is 1. The summed E-state index contributed by atoms with van der Waals surface area (Å²) < 4.78 is 16.5. The molecule has 0 atom stereocenters. The Hall–Kier alpha value is -2.77. The van der Waals surface area contributed by atoms with Gasteiger partial charge < -0.3 is 24.8 Å². The standard InChI is InChI=1S/C27H42N2O6/c1-8-9-19-15-23(33-17-24(31)34-26(2,3)4)20(16-21(19)28)22(30)14-18-10-12-29(13-11-18)25(32)35-27(5,6)7/h15-16,18H,8-14,17,28H2,1-7H3. The molecule has 8 nitrogen and oxygen atoms in total. The number of hydrogen-bond acceptors (Lipinski definition) is 7. The van der Waals surface area contributed by atoms with E-state index < -0.39 is 17.2 Å². The molecule has 0 radical (unpaired) electrons. The normalized spacial score (nSPS) is 15.0. The van der Waals surface area contributed by atoms with E-state index in [4.69, 9.17) is 19.9 Å². The maximum atomic E-state index is 13.3. The lowest BCUT2D eigenvalue weighted by molar-refractivity contribution is -0.157. The van der Waals surface area contributed by atoms with Crippen molar-refractivity contribution >= 4 is 23.5 Å². The predicted molar refractivity (Wildman–Crippen MR) is 136 cm³/mol. The second kappa shape index (κ2) is 11.8. The van der Waals surface area contributed by atoms with Gasteiger partial charge >= 0.3 is 12.1 Å². The predicted octanol–water partition coefficient (Wildman–Crippen LogP) is 5.16. The first-order valence-electron chi connectivity index (χ1n) is 12.5. The van der Waals surface area contributed by atoms with E-state index in [9.17, 15) is 14.4 Å². The van der Waals surface area contributed by atoms with Crippen LogP contribution >= 0.6 is 0 Å². The topological polar surface area (TPSA) is 108 Å². The van der Waals surface area contributed by atoms with E-state index in [2.05, 4.69) is 0 Å². The summed E-state index contributed by atoms with van der Waals surface area (Å²) in [5.74, 6) is -0.102. The Labute approximate surface area is 209 Å². The molecule has 1 aromatic carbocycles. The summed E-state index contributed by atoms with van der Waals surface area (Å²) in [6.07, 6.45) is 3.05. The number of likely N-dealkylation sites (tertiary alicyclic amines) is 1. The Kier molecular flexibility index (Phi) is 9.58.